The molecule has 1 unspecified atom stereocenters. The third-order valence-corrected chi connectivity index (χ3v) is 3.28. The molecule has 1 aromatic rings. The lowest BCUT2D eigenvalue weighted by Gasteiger charge is -2.14. The van der Waals surface area contributed by atoms with Crippen molar-refractivity contribution >= 4 is 5.91 Å². The summed E-state index contributed by atoms with van der Waals surface area (Å²) in [5.41, 5.74) is 7.86. The molecule has 1 atom stereocenters. The molecule has 0 fully saturated rings. The minimum Gasteiger partial charge on any atom is -0.496 e. The first-order valence-electron chi connectivity index (χ1n) is 6.73. The van der Waals surface area contributed by atoms with Gasteiger partial charge in [-0.3, -0.25) is 4.79 Å². The highest BCUT2D eigenvalue weighted by Gasteiger charge is 2.13. The lowest BCUT2D eigenvalue weighted by molar-refractivity contribution is -0.124. The smallest absolute Gasteiger partial charge is 0.224 e. The van der Waals surface area contributed by atoms with Crippen molar-refractivity contribution in [2.24, 2.45) is 11.7 Å². The number of hydrogen-bond acceptors (Lipinski definition) is 3. The van der Waals surface area contributed by atoms with Crippen LogP contribution in [0.3, 0.4) is 0 Å². The molecular formula is C15H24N2O2. The maximum Gasteiger partial charge on any atom is 0.224 e. The fourth-order valence-corrected chi connectivity index (χ4v) is 2.03. The van der Waals surface area contributed by atoms with E-state index >= 15 is 0 Å². The molecule has 0 aliphatic carbocycles. The van der Waals surface area contributed by atoms with E-state index in [9.17, 15) is 4.79 Å². The zero-order valence-electron chi connectivity index (χ0n) is 12.0. The lowest BCUT2D eigenvalue weighted by atomic mass is 10.1. The molecule has 0 spiro atoms. The second-order valence-electron chi connectivity index (χ2n) is 4.70. The van der Waals surface area contributed by atoms with Gasteiger partial charge >= 0.3 is 0 Å². The van der Waals surface area contributed by atoms with Crippen LogP contribution in [0, 0.1) is 12.8 Å². The van der Waals surface area contributed by atoms with E-state index < -0.39 is 0 Å². The van der Waals surface area contributed by atoms with E-state index in [2.05, 4.69) is 11.4 Å². The molecule has 4 nitrogen and oxygen atoms in total. The fraction of sp³-hybridized carbons (Fsp3) is 0.533. The van der Waals surface area contributed by atoms with Crippen LogP contribution in [0.4, 0.5) is 0 Å². The van der Waals surface area contributed by atoms with Crippen LogP contribution in [-0.4, -0.2) is 26.1 Å². The summed E-state index contributed by atoms with van der Waals surface area (Å²) in [6.07, 6.45) is 1.54. The van der Waals surface area contributed by atoms with Crippen molar-refractivity contribution in [1.82, 2.24) is 5.32 Å². The molecular weight excluding hydrogens is 240 g/mol. The number of carbonyl (C=O) groups excluding carboxylic acids is 1. The molecule has 0 bridgehead atoms. The largest absolute Gasteiger partial charge is 0.496 e. The number of amides is 1. The molecule has 19 heavy (non-hydrogen) atoms. The molecule has 106 valence electrons. The summed E-state index contributed by atoms with van der Waals surface area (Å²) >= 11 is 0. The van der Waals surface area contributed by atoms with E-state index in [4.69, 9.17) is 10.5 Å². The second kappa shape index (κ2) is 7.79. The Balaban J connectivity index is 2.53. The molecule has 0 aliphatic rings. The first-order chi connectivity index (χ1) is 9.12. The average Bonchev–Trinajstić information content (AvgIpc) is 2.40. The van der Waals surface area contributed by atoms with Crippen molar-refractivity contribution in [3.63, 3.8) is 0 Å². The van der Waals surface area contributed by atoms with Crippen molar-refractivity contribution in [3.8, 4) is 5.75 Å². The summed E-state index contributed by atoms with van der Waals surface area (Å²) in [5.74, 6) is 0.821. The van der Waals surface area contributed by atoms with E-state index in [1.54, 1.807) is 7.11 Å². The number of nitrogens with one attached hydrogen (secondary N) is 1. The van der Waals surface area contributed by atoms with Crippen LogP contribution in [0.25, 0.3) is 0 Å². The summed E-state index contributed by atoms with van der Waals surface area (Å²) in [5, 5.41) is 2.93. The minimum atomic E-state index is -0.0839. The van der Waals surface area contributed by atoms with Gasteiger partial charge in [-0.25, -0.2) is 0 Å². The van der Waals surface area contributed by atoms with Gasteiger partial charge < -0.3 is 15.8 Å². The van der Waals surface area contributed by atoms with Crippen LogP contribution in [0.2, 0.25) is 0 Å². The number of rotatable bonds is 7. The van der Waals surface area contributed by atoms with Gasteiger partial charge in [0.05, 0.1) is 7.11 Å². The van der Waals surface area contributed by atoms with Gasteiger partial charge in [-0.05, 0) is 31.4 Å². The first-order valence-corrected chi connectivity index (χ1v) is 6.73. The summed E-state index contributed by atoms with van der Waals surface area (Å²) in [4.78, 5) is 11.8. The van der Waals surface area contributed by atoms with Gasteiger partial charge in [-0.15, -0.1) is 0 Å². The van der Waals surface area contributed by atoms with Crippen molar-refractivity contribution in [2.75, 3.05) is 20.2 Å². The van der Waals surface area contributed by atoms with Crippen molar-refractivity contribution in [1.29, 1.82) is 0 Å². The number of benzene rings is 1. The van der Waals surface area contributed by atoms with E-state index in [-0.39, 0.29) is 11.8 Å². The van der Waals surface area contributed by atoms with E-state index in [1.807, 2.05) is 26.0 Å². The van der Waals surface area contributed by atoms with Gasteiger partial charge in [0.1, 0.15) is 5.75 Å². The third kappa shape index (κ3) is 4.56. The number of methoxy groups -OCH3 is 1. The predicted molar refractivity (Wildman–Crippen MR) is 77.3 cm³/mol. The van der Waals surface area contributed by atoms with Crippen LogP contribution in [0.1, 0.15) is 24.5 Å². The van der Waals surface area contributed by atoms with Gasteiger partial charge in [0, 0.05) is 19.0 Å². The van der Waals surface area contributed by atoms with E-state index in [0.717, 1.165) is 24.2 Å². The quantitative estimate of drug-likeness (QED) is 0.787. The molecule has 1 rings (SSSR count). The maximum atomic E-state index is 11.8. The number of carbonyl (C=O) groups is 1. The minimum absolute atomic E-state index is 0.0385. The number of ether oxygens (including phenoxy) is 1. The second-order valence-corrected chi connectivity index (χ2v) is 4.70. The normalized spacial score (nSPS) is 12.0. The molecule has 1 amide bonds. The van der Waals surface area contributed by atoms with Gasteiger partial charge in [0.15, 0.2) is 0 Å². The van der Waals surface area contributed by atoms with Crippen LogP contribution < -0.4 is 15.8 Å². The number of aryl methyl sites for hydroxylation is 1. The Morgan fingerprint density at radius 3 is 2.79 bits per heavy atom. The van der Waals surface area contributed by atoms with Gasteiger partial charge in [0.25, 0.3) is 0 Å². The highest BCUT2D eigenvalue weighted by atomic mass is 16.5. The first kappa shape index (κ1) is 15.5. The molecule has 0 aliphatic heterocycles. The SMILES string of the molecule is CCC(CN)C(=O)NCCc1cc(C)ccc1OC. The number of nitrogens with two attached hydrogens (primary N) is 1. The topological polar surface area (TPSA) is 64.4 Å². The Morgan fingerprint density at radius 2 is 2.21 bits per heavy atom. The van der Waals surface area contributed by atoms with Crippen LogP contribution in [0.5, 0.6) is 5.75 Å². The molecule has 0 saturated carbocycles. The molecule has 0 aromatic heterocycles. The summed E-state index contributed by atoms with van der Waals surface area (Å²) in [6.45, 7) is 5.02. The Bertz CT molecular complexity index is 415. The molecule has 0 saturated heterocycles. The third-order valence-electron chi connectivity index (χ3n) is 3.28. The molecule has 1 aromatic carbocycles. The molecule has 4 heteroatoms. The van der Waals surface area contributed by atoms with Crippen molar-refractivity contribution in [2.45, 2.75) is 26.7 Å². The number of hydrogen-bond donors (Lipinski definition) is 2. The monoisotopic (exact) mass is 264 g/mol. The zero-order valence-corrected chi connectivity index (χ0v) is 12.0. The Labute approximate surface area is 115 Å². The van der Waals surface area contributed by atoms with Crippen LogP contribution in [0.15, 0.2) is 18.2 Å². The van der Waals surface area contributed by atoms with E-state index in [0.29, 0.717) is 13.1 Å². The zero-order chi connectivity index (χ0) is 14.3. The Kier molecular flexibility index (Phi) is 6.36. The van der Waals surface area contributed by atoms with Crippen molar-refractivity contribution < 1.29 is 9.53 Å². The van der Waals surface area contributed by atoms with Gasteiger partial charge in [-0.1, -0.05) is 24.6 Å². The standard InChI is InChI=1S/C15H24N2O2/c1-4-12(10-16)15(18)17-8-7-13-9-11(2)5-6-14(13)19-3/h5-6,9,12H,4,7-8,10,16H2,1-3H3,(H,17,18). The van der Waals surface area contributed by atoms with Gasteiger partial charge in [0.2, 0.25) is 5.91 Å². The van der Waals surface area contributed by atoms with Crippen molar-refractivity contribution in [3.05, 3.63) is 29.3 Å². The molecule has 0 heterocycles. The molecule has 3 N–H and O–H groups in total. The summed E-state index contributed by atoms with van der Waals surface area (Å²) < 4.78 is 5.31. The van der Waals surface area contributed by atoms with Crippen LogP contribution in [-0.2, 0) is 11.2 Å². The molecule has 0 radical (unpaired) electrons. The Morgan fingerprint density at radius 1 is 1.47 bits per heavy atom. The van der Waals surface area contributed by atoms with Gasteiger partial charge in [-0.2, -0.15) is 0 Å². The predicted octanol–water partition coefficient (Wildman–Crippen LogP) is 1.65. The highest BCUT2D eigenvalue weighted by Crippen LogP contribution is 2.19. The maximum absolute atomic E-state index is 11.8. The van der Waals surface area contributed by atoms with Crippen LogP contribution >= 0.6 is 0 Å². The highest BCUT2D eigenvalue weighted by molar-refractivity contribution is 5.78. The summed E-state index contributed by atoms with van der Waals surface area (Å²) in [7, 11) is 1.66. The fourth-order valence-electron chi connectivity index (χ4n) is 2.03. The summed E-state index contributed by atoms with van der Waals surface area (Å²) in [6, 6.07) is 6.06. The van der Waals surface area contributed by atoms with E-state index in [1.165, 1.54) is 5.56 Å². The average molecular weight is 264 g/mol. The Hall–Kier alpha value is -1.55. The lowest BCUT2D eigenvalue weighted by Crippen LogP contribution is -2.35.